The molecule has 1 aliphatic heterocycles. The molecule has 1 aromatic rings. The van der Waals surface area contributed by atoms with Gasteiger partial charge in [-0.15, -0.1) is 0 Å². The van der Waals surface area contributed by atoms with Crippen LogP contribution in [0, 0.1) is 23.1 Å². The maximum Gasteiger partial charge on any atom is 0.124 e. The SMILES string of the molecule is CN1CCC(CNCc2cc(F)cc(C#N)c2)CC1. The molecule has 1 aromatic carbocycles. The number of nitrogens with zero attached hydrogens (tertiary/aromatic N) is 2. The maximum atomic E-state index is 13.3. The number of rotatable bonds is 4. The van der Waals surface area contributed by atoms with E-state index >= 15 is 0 Å². The second-order valence-electron chi connectivity index (χ2n) is 5.34. The van der Waals surface area contributed by atoms with Crippen LogP contribution in [0.2, 0.25) is 0 Å². The van der Waals surface area contributed by atoms with Crippen LogP contribution in [-0.4, -0.2) is 31.6 Å². The fraction of sp³-hybridized carbons (Fsp3) is 0.533. The highest BCUT2D eigenvalue weighted by atomic mass is 19.1. The van der Waals surface area contributed by atoms with Crippen LogP contribution in [0.4, 0.5) is 4.39 Å². The summed E-state index contributed by atoms with van der Waals surface area (Å²) in [5.41, 5.74) is 1.22. The van der Waals surface area contributed by atoms with Gasteiger partial charge in [0.15, 0.2) is 0 Å². The van der Waals surface area contributed by atoms with Crippen molar-refractivity contribution in [2.45, 2.75) is 19.4 Å². The number of piperidine rings is 1. The van der Waals surface area contributed by atoms with Crippen LogP contribution in [0.1, 0.15) is 24.0 Å². The highest BCUT2D eigenvalue weighted by Crippen LogP contribution is 2.15. The Morgan fingerprint density at radius 2 is 2.11 bits per heavy atom. The predicted octanol–water partition coefficient (Wildman–Crippen LogP) is 2.13. The van der Waals surface area contributed by atoms with Crippen LogP contribution in [-0.2, 0) is 6.54 Å². The molecular weight excluding hydrogens is 241 g/mol. The molecule has 1 saturated heterocycles. The zero-order valence-corrected chi connectivity index (χ0v) is 11.3. The summed E-state index contributed by atoms with van der Waals surface area (Å²) in [5, 5.41) is 12.2. The molecule has 4 heteroatoms. The molecule has 0 aliphatic carbocycles. The average molecular weight is 261 g/mol. The number of nitrogens with one attached hydrogen (secondary N) is 1. The van der Waals surface area contributed by atoms with Crippen molar-refractivity contribution >= 4 is 0 Å². The molecule has 0 unspecified atom stereocenters. The third kappa shape index (κ3) is 4.30. The van der Waals surface area contributed by atoms with E-state index in [2.05, 4.69) is 17.3 Å². The molecule has 0 amide bonds. The lowest BCUT2D eigenvalue weighted by Gasteiger charge is -2.29. The molecule has 0 aromatic heterocycles. The fourth-order valence-electron chi connectivity index (χ4n) is 2.50. The van der Waals surface area contributed by atoms with E-state index in [9.17, 15) is 4.39 Å². The van der Waals surface area contributed by atoms with Gasteiger partial charge in [0.1, 0.15) is 5.82 Å². The van der Waals surface area contributed by atoms with E-state index in [0.717, 1.165) is 25.2 Å². The van der Waals surface area contributed by atoms with Crippen molar-refractivity contribution in [3.05, 3.63) is 35.1 Å². The van der Waals surface area contributed by atoms with Crippen LogP contribution in [0.5, 0.6) is 0 Å². The number of benzene rings is 1. The van der Waals surface area contributed by atoms with Crippen molar-refractivity contribution < 1.29 is 4.39 Å². The second kappa shape index (κ2) is 6.65. The van der Waals surface area contributed by atoms with Crippen LogP contribution < -0.4 is 5.32 Å². The summed E-state index contributed by atoms with van der Waals surface area (Å²) in [6.07, 6.45) is 2.44. The summed E-state index contributed by atoms with van der Waals surface area (Å²) in [4.78, 5) is 2.35. The lowest BCUT2D eigenvalue weighted by atomic mass is 9.97. The normalized spacial score (nSPS) is 17.3. The van der Waals surface area contributed by atoms with Crippen molar-refractivity contribution in [2.24, 2.45) is 5.92 Å². The van der Waals surface area contributed by atoms with Gasteiger partial charge in [-0.25, -0.2) is 4.39 Å². The summed E-state index contributed by atoms with van der Waals surface area (Å²) in [5.74, 6) is 0.371. The van der Waals surface area contributed by atoms with Crippen LogP contribution >= 0.6 is 0 Å². The van der Waals surface area contributed by atoms with Gasteiger partial charge < -0.3 is 10.2 Å². The Kier molecular flexibility index (Phi) is 4.89. The first-order chi connectivity index (χ1) is 9.17. The van der Waals surface area contributed by atoms with Crippen molar-refractivity contribution in [3.63, 3.8) is 0 Å². The molecule has 19 heavy (non-hydrogen) atoms. The Morgan fingerprint density at radius 3 is 2.79 bits per heavy atom. The molecule has 1 fully saturated rings. The third-order valence-electron chi connectivity index (χ3n) is 3.69. The average Bonchev–Trinajstić information content (AvgIpc) is 2.40. The van der Waals surface area contributed by atoms with E-state index in [1.54, 1.807) is 6.07 Å². The van der Waals surface area contributed by atoms with Crippen molar-refractivity contribution in [1.29, 1.82) is 5.26 Å². The fourth-order valence-corrected chi connectivity index (χ4v) is 2.50. The number of hydrogen-bond acceptors (Lipinski definition) is 3. The Bertz CT molecular complexity index is 459. The zero-order valence-electron chi connectivity index (χ0n) is 11.3. The monoisotopic (exact) mass is 261 g/mol. The number of halogens is 1. The van der Waals surface area contributed by atoms with E-state index < -0.39 is 0 Å². The number of nitriles is 1. The molecule has 0 saturated carbocycles. The van der Waals surface area contributed by atoms with Gasteiger partial charge in [-0.2, -0.15) is 5.26 Å². The van der Waals surface area contributed by atoms with Gasteiger partial charge in [0, 0.05) is 6.54 Å². The Morgan fingerprint density at radius 1 is 1.37 bits per heavy atom. The minimum absolute atomic E-state index is 0.338. The Labute approximate surface area is 114 Å². The van der Waals surface area contributed by atoms with Crippen molar-refractivity contribution in [3.8, 4) is 6.07 Å². The van der Waals surface area contributed by atoms with Crippen LogP contribution in [0.15, 0.2) is 18.2 Å². The second-order valence-corrected chi connectivity index (χ2v) is 5.34. The summed E-state index contributed by atoms with van der Waals surface area (Å²) in [6.45, 7) is 3.90. The number of hydrogen-bond donors (Lipinski definition) is 1. The van der Waals surface area contributed by atoms with Crippen LogP contribution in [0.25, 0.3) is 0 Å². The summed E-state index contributed by atoms with van der Waals surface area (Å²) >= 11 is 0. The van der Waals surface area contributed by atoms with Crippen molar-refractivity contribution in [2.75, 3.05) is 26.7 Å². The molecule has 0 bridgehead atoms. The molecular formula is C15H20FN3. The minimum Gasteiger partial charge on any atom is -0.312 e. The Balaban J connectivity index is 1.79. The first-order valence-corrected chi connectivity index (χ1v) is 6.76. The largest absolute Gasteiger partial charge is 0.312 e. The first kappa shape index (κ1) is 14.0. The van der Waals surface area contributed by atoms with Gasteiger partial charge in [-0.1, -0.05) is 0 Å². The van der Waals surface area contributed by atoms with Gasteiger partial charge in [-0.05, 0) is 69.2 Å². The third-order valence-corrected chi connectivity index (χ3v) is 3.69. The minimum atomic E-state index is -0.338. The maximum absolute atomic E-state index is 13.3. The smallest absolute Gasteiger partial charge is 0.124 e. The molecule has 0 atom stereocenters. The zero-order chi connectivity index (χ0) is 13.7. The summed E-state index contributed by atoms with van der Waals surface area (Å²) in [6, 6.07) is 6.47. The molecule has 0 spiro atoms. The standard InChI is InChI=1S/C15H20FN3/c1-19-4-2-12(3-5-19)10-18-11-14-6-13(9-17)7-15(16)8-14/h6-8,12,18H,2-5,10-11H2,1H3. The Hall–Kier alpha value is -1.44. The van der Waals surface area contributed by atoms with E-state index in [1.807, 2.05) is 6.07 Å². The number of likely N-dealkylation sites (tertiary alicyclic amines) is 1. The molecule has 0 radical (unpaired) electrons. The van der Waals surface area contributed by atoms with E-state index in [4.69, 9.17) is 5.26 Å². The lowest BCUT2D eigenvalue weighted by Crippen LogP contribution is -2.34. The molecule has 1 N–H and O–H groups in total. The quantitative estimate of drug-likeness (QED) is 0.902. The van der Waals surface area contributed by atoms with Crippen molar-refractivity contribution in [1.82, 2.24) is 10.2 Å². The van der Waals surface area contributed by atoms with Gasteiger partial charge in [-0.3, -0.25) is 0 Å². The lowest BCUT2D eigenvalue weighted by molar-refractivity contribution is 0.216. The highest BCUT2D eigenvalue weighted by Gasteiger charge is 2.15. The predicted molar refractivity (Wildman–Crippen MR) is 73.0 cm³/mol. The van der Waals surface area contributed by atoms with Gasteiger partial charge >= 0.3 is 0 Å². The van der Waals surface area contributed by atoms with Gasteiger partial charge in [0.25, 0.3) is 0 Å². The van der Waals surface area contributed by atoms with E-state index in [-0.39, 0.29) is 5.82 Å². The first-order valence-electron chi connectivity index (χ1n) is 6.76. The molecule has 2 rings (SSSR count). The topological polar surface area (TPSA) is 39.1 Å². The summed E-state index contributed by atoms with van der Waals surface area (Å²) in [7, 11) is 2.15. The molecule has 1 heterocycles. The van der Waals surface area contributed by atoms with Gasteiger partial charge in [0.05, 0.1) is 11.6 Å². The summed E-state index contributed by atoms with van der Waals surface area (Å²) < 4.78 is 13.3. The highest BCUT2D eigenvalue weighted by molar-refractivity contribution is 5.33. The molecule has 102 valence electrons. The van der Waals surface area contributed by atoms with E-state index in [0.29, 0.717) is 18.0 Å². The van der Waals surface area contributed by atoms with Crippen LogP contribution in [0.3, 0.4) is 0 Å². The van der Waals surface area contributed by atoms with E-state index in [1.165, 1.54) is 25.0 Å². The van der Waals surface area contributed by atoms with Gasteiger partial charge in [0.2, 0.25) is 0 Å². The molecule has 1 aliphatic rings. The molecule has 3 nitrogen and oxygen atoms in total.